The van der Waals surface area contributed by atoms with E-state index < -0.39 is 11.6 Å². The summed E-state index contributed by atoms with van der Waals surface area (Å²) in [6.07, 6.45) is 0. The van der Waals surface area contributed by atoms with Crippen molar-refractivity contribution in [1.82, 2.24) is 4.90 Å². The molecule has 0 bridgehead atoms. The lowest BCUT2D eigenvalue weighted by molar-refractivity contribution is 0.165. The SMILES string of the molecule is CC1CSCCN1C(CN)c1ccc(F)c(F)c1. The van der Waals surface area contributed by atoms with Crippen molar-refractivity contribution in [3.8, 4) is 0 Å². The molecule has 5 heteroatoms. The van der Waals surface area contributed by atoms with Crippen LogP contribution in [0.3, 0.4) is 0 Å². The van der Waals surface area contributed by atoms with Crippen molar-refractivity contribution in [3.63, 3.8) is 0 Å². The first-order valence-electron chi connectivity index (χ1n) is 6.12. The van der Waals surface area contributed by atoms with Crippen molar-refractivity contribution in [2.45, 2.75) is 19.0 Å². The van der Waals surface area contributed by atoms with E-state index in [1.54, 1.807) is 6.07 Å². The summed E-state index contributed by atoms with van der Waals surface area (Å²) < 4.78 is 26.3. The van der Waals surface area contributed by atoms with Gasteiger partial charge in [-0.2, -0.15) is 11.8 Å². The molecule has 2 nitrogen and oxygen atoms in total. The van der Waals surface area contributed by atoms with E-state index in [4.69, 9.17) is 5.73 Å². The van der Waals surface area contributed by atoms with E-state index in [9.17, 15) is 8.78 Å². The number of halogens is 2. The molecule has 1 saturated heterocycles. The normalized spacial score (nSPS) is 23.0. The Labute approximate surface area is 111 Å². The highest BCUT2D eigenvalue weighted by molar-refractivity contribution is 7.99. The standard InChI is InChI=1S/C13H18F2N2S/c1-9-8-18-5-4-17(9)13(7-16)10-2-3-11(14)12(15)6-10/h2-3,6,9,13H,4-5,7-8,16H2,1H3. The Morgan fingerprint density at radius 3 is 2.83 bits per heavy atom. The highest BCUT2D eigenvalue weighted by atomic mass is 32.2. The third-order valence-electron chi connectivity index (χ3n) is 3.37. The van der Waals surface area contributed by atoms with Gasteiger partial charge < -0.3 is 5.73 Å². The van der Waals surface area contributed by atoms with Crippen LogP contribution in [0.25, 0.3) is 0 Å². The second-order valence-corrected chi connectivity index (χ2v) is 5.74. The Bertz CT molecular complexity index is 414. The van der Waals surface area contributed by atoms with Gasteiger partial charge in [-0.05, 0) is 24.6 Å². The summed E-state index contributed by atoms with van der Waals surface area (Å²) in [6, 6.07) is 4.45. The maximum Gasteiger partial charge on any atom is 0.159 e. The van der Waals surface area contributed by atoms with E-state index in [1.807, 2.05) is 11.8 Å². The van der Waals surface area contributed by atoms with Crippen LogP contribution in [0.2, 0.25) is 0 Å². The van der Waals surface area contributed by atoms with E-state index in [2.05, 4.69) is 11.8 Å². The quantitative estimate of drug-likeness (QED) is 0.916. The van der Waals surface area contributed by atoms with Crippen LogP contribution in [0.1, 0.15) is 18.5 Å². The molecule has 1 fully saturated rings. The minimum Gasteiger partial charge on any atom is -0.329 e. The molecule has 0 aliphatic carbocycles. The van der Waals surface area contributed by atoms with E-state index in [0.29, 0.717) is 12.6 Å². The highest BCUT2D eigenvalue weighted by Gasteiger charge is 2.27. The summed E-state index contributed by atoms with van der Waals surface area (Å²) in [5.41, 5.74) is 6.58. The molecule has 2 rings (SSSR count). The highest BCUT2D eigenvalue weighted by Crippen LogP contribution is 2.27. The molecule has 2 N–H and O–H groups in total. The molecule has 1 aromatic carbocycles. The van der Waals surface area contributed by atoms with Gasteiger partial charge in [-0.3, -0.25) is 4.90 Å². The Hall–Kier alpha value is -0.650. The maximum atomic E-state index is 13.3. The Kier molecular flexibility index (Phi) is 4.59. The van der Waals surface area contributed by atoms with Crippen molar-refractivity contribution in [1.29, 1.82) is 0 Å². The maximum absolute atomic E-state index is 13.3. The first-order chi connectivity index (χ1) is 8.63. The molecular weight excluding hydrogens is 254 g/mol. The van der Waals surface area contributed by atoms with E-state index in [1.165, 1.54) is 12.1 Å². The molecule has 18 heavy (non-hydrogen) atoms. The average molecular weight is 272 g/mol. The lowest BCUT2D eigenvalue weighted by Gasteiger charge is -2.39. The molecule has 0 spiro atoms. The molecule has 1 aliphatic heterocycles. The average Bonchev–Trinajstić information content (AvgIpc) is 2.37. The fourth-order valence-corrected chi connectivity index (χ4v) is 3.42. The van der Waals surface area contributed by atoms with Gasteiger partial charge in [-0.15, -0.1) is 0 Å². The van der Waals surface area contributed by atoms with Crippen molar-refractivity contribution >= 4 is 11.8 Å². The summed E-state index contributed by atoms with van der Waals surface area (Å²) >= 11 is 1.92. The van der Waals surface area contributed by atoms with Crippen LogP contribution in [0.5, 0.6) is 0 Å². The minimum absolute atomic E-state index is 0.0315. The van der Waals surface area contributed by atoms with E-state index in [0.717, 1.165) is 23.6 Å². The zero-order valence-electron chi connectivity index (χ0n) is 10.4. The summed E-state index contributed by atoms with van der Waals surface area (Å²) in [5.74, 6) is 0.506. The largest absolute Gasteiger partial charge is 0.329 e. The van der Waals surface area contributed by atoms with Gasteiger partial charge >= 0.3 is 0 Å². The molecule has 2 atom stereocenters. The molecule has 0 radical (unpaired) electrons. The zero-order valence-corrected chi connectivity index (χ0v) is 11.2. The summed E-state index contributed by atoms with van der Waals surface area (Å²) in [5, 5.41) is 0. The Morgan fingerprint density at radius 2 is 2.22 bits per heavy atom. The predicted octanol–water partition coefficient (Wildman–Crippen LogP) is 2.40. The van der Waals surface area contributed by atoms with Crippen molar-refractivity contribution < 1.29 is 8.78 Å². The summed E-state index contributed by atoms with van der Waals surface area (Å²) in [6.45, 7) is 3.50. The number of rotatable bonds is 3. The second-order valence-electron chi connectivity index (χ2n) is 4.59. The minimum atomic E-state index is -0.809. The van der Waals surface area contributed by atoms with Gasteiger partial charge in [-0.1, -0.05) is 6.07 Å². The van der Waals surface area contributed by atoms with Crippen LogP contribution < -0.4 is 5.73 Å². The molecule has 100 valence electrons. The number of hydrogen-bond donors (Lipinski definition) is 1. The molecule has 1 aliphatic rings. The van der Waals surface area contributed by atoms with Gasteiger partial charge in [0.05, 0.1) is 0 Å². The zero-order chi connectivity index (χ0) is 13.1. The first-order valence-corrected chi connectivity index (χ1v) is 7.27. The van der Waals surface area contributed by atoms with Gasteiger partial charge in [0.15, 0.2) is 11.6 Å². The first kappa shape index (κ1) is 13.8. The second kappa shape index (κ2) is 5.99. The third-order valence-corrected chi connectivity index (χ3v) is 4.56. The molecule has 0 saturated carbocycles. The Balaban J connectivity index is 2.23. The monoisotopic (exact) mass is 272 g/mol. The van der Waals surface area contributed by atoms with Gasteiger partial charge in [0, 0.05) is 36.7 Å². The number of hydrogen-bond acceptors (Lipinski definition) is 3. The van der Waals surface area contributed by atoms with Gasteiger partial charge in [-0.25, -0.2) is 8.78 Å². The predicted molar refractivity (Wildman–Crippen MR) is 71.6 cm³/mol. The molecule has 1 aromatic rings. The lowest BCUT2D eigenvalue weighted by Crippen LogP contribution is -2.45. The van der Waals surface area contributed by atoms with E-state index in [-0.39, 0.29) is 6.04 Å². The summed E-state index contributed by atoms with van der Waals surface area (Å²) in [4.78, 5) is 2.28. The molecule has 0 aromatic heterocycles. The van der Waals surface area contributed by atoms with Crippen LogP contribution >= 0.6 is 11.8 Å². The smallest absolute Gasteiger partial charge is 0.159 e. The fraction of sp³-hybridized carbons (Fsp3) is 0.538. The van der Waals surface area contributed by atoms with E-state index >= 15 is 0 Å². The van der Waals surface area contributed by atoms with Gasteiger partial charge in [0.25, 0.3) is 0 Å². The number of thioether (sulfide) groups is 1. The van der Waals surface area contributed by atoms with Gasteiger partial charge in [0.2, 0.25) is 0 Å². The molecular formula is C13H18F2N2S. The van der Waals surface area contributed by atoms with Crippen molar-refractivity contribution in [2.24, 2.45) is 5.73 Å². The molecule has 0 amide bonds. The Morgan fingerprint density at radius 1 is 1.44 bits per heavy atom. The van der Waals surface area contributed by atoms with Crippen molar-refractivity contribution in [2.75, 3.05) is 24.6 Å². The summed E-state index contributed by atoms with van der Waals surface area (Å²) in [7, 11) is 0. The van der Waals surface area contributed by atoms with Crippen LogP contribution in [0.15, 0.2) is 18.2 Å². The van der Waals surface area contributed by atoms with Crippen LogP contribution in [-0.4, -0.2) is 35.5 Å². The van der Waals surface area contributed by atoms with Crippen LogP contribution in [0.4, 0.5) is 8.78 Å². The van der Waals surface area contributed by atoms with Crippen LogP contribution in [-0.2, 0) is 0 Å². The number of nitrogens with two attached hydrogens (primary N) is 1. The van der Waals surface area contributed by atoms with Gasteiger partial charge in [0.1, 0.15) is 0 Å². The lowest BCUT2D eigenvalue weighted by atomic mass is 10.0. The number of benzene rings is 1. The third kappa shape index (κ3) is 2.84. The topological polar surface area (TPSA) is 29.3 Å². The fourth-order valence-electron chi connectivity index (χ4n) is 2.39. The van der Waals surface area contributed by atoms with Crippen molar-refractivity contribution in [3.05, 3.63) is 35.4 Å². The molecule has 1 heterocycles. The number of nitrogens with zero attached hydrogens (tertiary/aromatic N) is 1. The van der Waals surface area contributed by atoms with Crippen LogP contribution in [0, 0.1) is 11.6 Å². The molecule has 2 unspecified atom stereocenters.